The van der Waals surface area contributed by atoms with Crippen molar-refractivity contribution in [2.75, 3.05) is 67.5 Å². The Morgan fingerprint density at radius 2 is 1.87 bits per heavy atom. The number of methoxy groups -OCH3 is 1. The van der Waals surface area contributed by atoms with Crippen LogP contribution >= 0.6 is 0 Å². The number of aromatic nitrogens is 2. The van der Waals surface area contributed by atoms with Crippen LogP contribution in [0, 0.1) is 11.6 Å². The molecule has 2 aliphatic rings. The Hall–Kier alpha value is -5.07. The summed E-state index contributed by atoms with van der Waals surface area (Å²) in [7, 11) is 3.67. The highest BCUT2D eigenvalue weighted by molar-refractivity contribution is 6.02. The first-order chi connectivity index (χ1) is 22.3. The average Bonchev–Trinajstić information content (AvgIpc) is 3.56. The van der Waals surface area contributed by atoms with Gasteiger partial charge in [-0.05, 0) is 54.6 Å². The molecule has 6 rings (SSSR count). The van der Waals surface area contributed by atoms with Crippen molar-refractivity contribution in [2.24, 2.45) is 0 Å². The Kier molecular flexibility index (Phi) is 9.08. The van der Waals surface area contributed by atoms with Crippen molar-refractivity contribution in [1.82, 2.24) is 14.9 Å². The third-order valence-corrected chi connectivity index (χ3v) is 8.16. The maximum Gasteiger partial charge on any atom is 0.247 e. The number of amides is 1. The molecule has 2 fully saturated rings. The van der Waals surface area contributed by atoms with Gasteiger partial charge in [0.15, 0.2) is 5.82 Å². The van der Waals surface area contributed by atoms with Gasteiger partial charge in [-0.15, -0.1) is 0 Å². The second-order valence-corrected chi connectivity index (χ2v) is 11.2. The van der Waals surface area contributed by atoms with Crippen molar-refractivity contribution >= 4 is 34.6 Å². The lowest BCUT2D eigenvalue weighted by Crippen LogP contribution is -2.44. The highest BCUT2D eigenvalue weighted by Crippen LogP contribution is 2.40. The van der Waals surface area contributed by atoms with Crippen LogP contribution in [0.1, 0.15) is 18.0 Å². The van der Waals surface area contributed by atoms with Gasteiger partial charge in [-0.1, -0.05) is 24.8 Å². The van der Waals surface area contributed by atoms with Crippen molar-refractivity contribution in [3.05, 3.63) is 96.8 Å². The highest BCUT2D eigenvalue weighted by Gasteiger charge is 2.30. The Balaban J connectivity index is 1.28. The zero-order chi connectivity index (χ0) is 32.2. The highest BCUT2D eigenvalue weighted by atomic mass is 19.1. The summed E-state index contributed by atoms with van der Waals surface area (Å²) in [6.45, 7) is 7.41. The fourth-order valence-corrected chi connectivity index (χ4v) is 5.73. The number of nitrogens with one attached hydrogen (secondary N) is 2. The average molecular weight is 628 g/mol. The summed E-state index contributed by atoms with van der Waals surface area (Å²) in [6, 6.07) is 15.9. The number of hydroxylamine groups is 1. The standard InChI is InChI=1S/C34H35F2N7O3/c1-4-34(44)40-27-18-28(31(45-3)19-30(27)42-13-11-41(2)12-14-42)39-32-20-33(38-21-37-32)43-29(10-15-46-43)23-8-9-26(36)25(17-23)22-6-5-7-24(35)16-22/h4-9,16-21,29H,1,10-15H2,2-3H3,(H,40,44)(H,37,38,39)/t29-/m1/s1. The van der Waals surface area contributed by atoms with Crippen LogP contribution in [0.3, 0.4) is 0 Å². The van der Waals surface area contributed by atoms with Gasteiger partial charge in [-0.2, -0.15) is 0 Å². The van der Waals surface area contributed by atoms with Crippen molar-refractivity contribution in [1.29, 1.82) is 0 Å². The molecule has 0 unspecified atom stereocenters. The summed E-state index contributed by atoms with van der Waals surface area (Å²) in [5.74, 6) is 0.321. The third kappa shape index (κ3) is 6.63. The quantitative estimate of drug-likeness (QED) is 0.219. The van der Waals surface area contributed by atoms with Crippen LogP contribution in [0.25, 0.3) is 11.1 Å². The molecule has 10 nitrogen and oxygen atoms in total. The molecule has 46 heavy (non-hydrogen) atoms. The Morgan fingerprint density at radius 3 is 2.63 bits per heavy atom. The zero-order valence-electron chi connectivity index (χ0n) is 25.7. The van der Waals surface area contributed by atoms with E-state index in [-0.39, 0.29) is 11.9 Å². The molecular formula is C34H35F2N7O3. The van der Waals surface area contributed by atoms with Crippen LogP contribution in [0.5, 0.6) is 5.75 Å². The molecule has 2 aliphatic heterocycles. The Labute approximate surface area is 266 Å². The maximum absolute atomic E-state index is 14.8. The molecule has 1 atom stereocenters. The molecule has 4 aromatic rings. The van der Waals surface area contributed by atoms with E-state index in [0.717, 1.165) is 37.4 Å². The van der Waals surface area contributed by atoms with Crippen LogP contribution in [-0.4, -0.2) is 67.7 Å². The summed E-state index contributed by atoms with van der Waals surface area (Å²) in [5, 5.41) is 7.92. The Bertz CT molecular complexity index is 1750. The van der Waals surface area contributed by atoms with E-state index in [9.17, 15) is 13.6 Å². The number of hydrogen-bond acceptors (Lipinski definition) is 9. The van der Waals surface area contributed by atoms with Gasteiger partial charge in [-0.25, -0.2) is 23.8 Å². The van der Waals surface area contributed by atoms with Crippen molar-refractivity contribution in [3.63, 3.8) is 0 Å². The van der Waals surface area contributed by atoms with E-state index in [1.807, 2.05) is 12.1 Å². The van der Waals surface area contributed by atoms with Crippen LogP contribution in [0.4, 0.5) is 37.5 Å². The lowest BCUT2D eigenvalue weighted by Gasteiger charge is -2.35. The van der Waals surface area contributed by atoms with Crippen LogP contribution in [0.15, 0.2) is 79.6 Å². The first-order valence-electron chi connectivity index (χ1n) is 15.0. The predicted octanol–water partition coefficient (Wildman–Crippen LogP) is 5.93. The molecule has 0 spiro atoms. The maximum atomic E-state index is 14.8. The molecule has 238 valence electrons. The number of halogens is 2. The van der Waals surface area contributed by atoms with E-state index >= 15 is 0 Å². The number of benzene rings is 3. The summed E-state index contributed by atoms with van der Waals surface area (Å²) >= 11 is 0. The molecule has 2 N–H and O–H groups in total. The van der Waals surface area contributed by atoms with Gasteiger partial charge in [-0.3, -0.25) is 9.63 Å². The molecule has 0 radical (unpaired) electrons. The molecule has 3 aromatic carbocycles. The van der Waals surface area contributed by atoms with Gasteiger partial charge in [0.05, 0.1) is 36.8 Å². The van der Waals surface area contributed by atoms with Gasteiger partial charge < -0.3 is 25.2 Å². The first kappa shape index (κ1) is 30.9. The number of hydrogen-bond donors (Lipinski definition) is 2. The fourth-order valence-electron chi connectivity index (χ4n) is 5.73. The first-order valence-corrected chi connectivity index (χ1v) is 15.0. The van der Waals surface area contributed by atoms with Crippen LogP contribution < -0.4 is 25.3 Å². The largest absolute Gasteiger partial charge is 0.494 e. The molecule has 2 saturated heterocycles. The van der Waals surface area contributed by atoms with Crippen LogP contribution in [-0.2, 0) is 9.63 Å². The number of likely N-dealkylation sites (N-methyl/N-ethyl adjacent to an activating group) is 1. The van der Waals surface area contributed by atoms with Crippen molar-refractivity contribution in [2.45, 2.75) is 12.5 Å². The zero-order valence-corrected chi connectivity index (χ0v) is 25.7. The summed E-state index contributed by atoms with van der Waals surface area (Å²) in [4.78, 5) is 31.7. The number of rotatable bonds is 9. The van der Waals surface area contributed by atoms with E-state index in [2.05, 4.69) is 44.0 Å². The van der Waals surface area contributed by atoms with E-state index < -0.39 is 11.6 Å². The van der Waals surface area contributed by atoms with Gasteiger partial charge in [0.1, 0.15) is 29.5 Å². The van der Waals surface area contributed by atoms with Crippen LogP contribution in [0.2, 0.25) is 0 Å². The van der Waals surface area contributed by atoms with E-state index in [0.29, 0.717) is 52.9 Å². The number of nitrogens with zero attached hydrogens (tertiary/aromatic N) is 5. The predicted molar refractivity (Wildman–Crippen MR) is 174 cm³/mol. The fraction of sp³-hybridized carbons (Fsp3) is 0.265. The van der Waals surface area contributed by atoms with Crippen molar-refractivity contribution in [3.8, 4) is 16.9 Å². The lowest BCUT2D eigenvalue weighted by molar-refractivity contribution is -0.111. The summed E-state index contributed by atoms with van der Waals surface area (Å²) < 4.78 is 34.5. The molecule has 3 heterocycles. The minimum Gasteiger partial charge on any atom is -0.494 e. The minimum absolute atomic E-state index is 0.270. The molecule has 0 aliphatic carbocycles. The van der Waals surface area contributed by atoms with Gasteiger partial charge >= 0.3 is 0 Å². The van der Waals surface area contributed by atoms with Crippen molar-refractivity contribution < 1.29 is 23.1 Å². The molecular weight excluding hydrogens is 592 g/mol. The number of carbonyl (C=O) groups is 1. The topological polar surface area (TPSA) is 95.1 Å². The lowest BCUT2D eigenvalue weighted by atomic mass is 9.97. The monoisotopic (exact) mass is 627 g/mol. The smallest absolute Gasteiger partial charge is 0.247 e. The Morgan fingerprint density at radius 1 is 1.04 bits per heavy atom. The normalized spacial score (nSPS) is 16.7. The number of anilines is 5. The second-order valence-electron chi connectivity index (χ2n) is 11.2. The number of ether oxygens (including phenoxy) is 1. The summed E-state index contributed by atoms with van der Waals surface area (Å²) in [6.07, 6.45) is 3.29. The van der Waals surface area contributed by atoms with E-state index in [1.54, 1.807) is 42.5 Å². The molecule has 0 saturated carbocycles. The molecule has 0 bridgehead atoms. The van der Waals surface area contributed by atoms with Gasteiger partial charge in [0.25, 0.3) is 0 Å². The molecule has 12 heteroatoms. The number of carbonyl (C=O) groups excluding carboxylic acids is 1. The number of piperazine rings is 1. The summed E-state index contributed by atoms with van der Waals surface area (Å²) in [5.41, 5.74) is 3.60. The minimum atomic E-state index is -0.440. The van der Waals surface area contributed by atoms with Gasteiger partial charge in [0, 0.05) is 50.3 Å². The molecule has 1 amide bonds. The second kappa shape index (κ2) is 13.5. The van der Waals surface area contributed by atoms with E-state index in [4.69, 9.17) is 9.57 Å². The third-order valence-electron chi connectivity index (χ3n) is 8.16. The molecule has 1 aromatic heterocycles. The SMILES string of the molecule is C=CC(=O)Nc1cc(Nc2cc(N3OCC[C@@H]3c3ccc(F)c(-c4cccc(F)c4)c3)ncn2)c(OC)cc1N1CCN(C)CC1. The van der Waals surface area contributed by atoms with E-state index in [1.165, 1.54) is 30.6 Å². The van der Waals surface area contributed by atoms with Gasteiger partial charge in [0.2, 0.25) is 5.91 Å².